The molecule has 0 radical (unpaired) electrons. The van der Waals surface area contributed by atoms with E-state index in [-0.39, 0.29) is 22.9 Å². The van der Waals surface area contributed by atoms with E-state index in [0.29, 0.717) is 81.6 Å². The van der Waals surface area contributed by atoms with Crippen LogP contribution in [0.1, 0.15) is 117 Å². The number of hydrogen-bond acceptors (Lipinski definition) is 9. The second-order valence-electron chi connectivity index (χ2n) is 17.2. The SMILES string of the molecule is C=C/C=c1\c(=C)nc(N)c2nc(CCCC)n(Cc3ccc(CNC(=O)CCC(C)(C)OCCC(C)(C)OCCNC(=O)CC(C)(CC(C)(C)N)NC)cc3)c12. The molecular weight excluding hydrogens is 705 g/mol. The van der Waals surface area contributed by atoms with Crippen molar-refractivity contribution in [3.8, 4) is 0 Å². The number of carbonyl (C=O) groups excluding carboxylic acids is 2. The van der Waals surface area contributed by atoms with Crippen molar-refractivity contribution in [3.63, 3.8) is 0 Å². The summed E-state index contributed by atoms with van der Waals surface area (Å²) in [4.78, 5) is 34.8. The van der Waals surface area contributed by atoms with Crippen LogP contribution in [0.25, 0.3) is 23.7 Å². The summed E-state index contributed by atoms with van der Waals surface area (Å²) in [6, 6.07) is 8.28. The van der Waals surface area contributed by atoms with Crippen molar-refractivity contribution in [1.29, 1.82) is 0 Å². The minimum Gasteiger partial charge on any atom is -0.382 e. The molecular formula is C44H70N8O4. The van der Waals surface area contributed by atoms with E-state index in [0.717, 1.165) is 46.9 Å². The zero-order valence-corrected chi connectivity index (χ0v) is 35.7. The molecule has 3 rings (SSSR count). The zero-order valence-electron chi connectivity index (χ0n) is 35.7. The molecule has 0 bridgehead atoms. The van der Waals surface area contributed by atoms with Crippen molar-refractivity contribution < 1.29 is 19.1 Å². The summed E-state index contributed by atoms with van der Waals surface area (Å²) >= 11 is 0. The molecule has 2 amide bonds. The fraction of sp³-hybridized carbons (Fsp3) is 0.591. The standard InChI is InChI=1S/C44H70N8O4/c1-12-14-16-35-51-38-39(34(15-13-2)31(3)50-40(38)45)52(35)29-33-19-17-32(18-20-33)28-49-36(53)21-22-42(6,7)55-25-23-43(8,9)56-26-24-48-37(54)27-44(10,47-11)30-41(4,5)46/h13,15,17-20,47H,2-3,12,14,16,21-30,46H2,1,4-11H3,(H2,45,50)(H,48,54)(H,49,53)/b34-15+. The van der Waals surface area contributed by atoms with Crippen LogP contribution in [0.4, 0.5) is 5.82 Å². The topological polar surface area (TPSA) is 171 Å². The van der Waals surface area contributed by atoms with Crippen molar-refractivity contribution in [3.05, 3.63) is 64.4 Å². The lowest BCUT2D eigenvalue weighted by Crippen LogP contribution is -2.51. The number of imidazole rings is 1. The van der Waals surface area contributed by atoms with Crippen LogP contribution in [0.15, 0.2) is 36.9 Å². The number of carbonyl (C=O) groups is 2. The van der Waals surface area contributed by atoms with E-state index in [9.17, 15) is 9.59 Å². The van der Waals surface area contributed by atoms with Gasteiger partial charge in [0.15, 0.2) is 5.82 Å². The predicted molar refractivity (Wildman–Crippen MR) is 229 cm³/mol. The Kier molecular flexibility index (Phi) is 16.8. The highest BCUT2D eigenvalue weighted by Crippen LogP contribution is 2.23. The minimum atomic E-state index is -0.479. The average Bonchev–Trinajstić information content (AvgIpc) is 3.46. The highest BCUT2D eigenvalue weighted by atomic mass is 16.5. The van der Waals surface area contributed by atoms with Gasteiger partial charge in [-0.05, 0) is 92.3 Å². The average molecular weight is 775 g/mol. The number of nitrogen functional groups attached to an aromatic ring is 1. The zero-order chi connectivity index (χ0) is 41.7. The van der Waals surface area contributed by atoms with Gasteiger partial charge in [0.2, 0.25) is 11.8 Å². The Balaban J connectivity index is 1.44. The number of aryl methyl sites for hydroxylation is 1. The summed E-state index contributed by atoms with van der Waals surface area (Å²) in [7, 11) is 1.85. The van der Waals surface area contributed by atoms with Gasteiger partial charge in [-0.2, -0.15) is 0 Å². The highest BCUT2D eigenvalue weighted by molar-refractivity contribution is 5.86. The largest absolute Gasteiger partial charge is 0.382 e. The summed E-state index contributed by atoms with van der Waals surface area (Å²) in [5.74, 6) is 1.28. The second-order valence-corrected chi connectivity index (χ2v) is 17.2. The van der Waals surface area contributed by atoms with Crippen molar-refractivity contribution >= 4 is 41.3 Å². The molecule has 1 atom stereocenters. The van der Waals surface area contributed by atoms with E-state index < -0.39 is 11.2 Å². The first-order valence-electron chi connectivity index (χ1n) is 20.0. The molecule has 310 valence electrons. The second kappa shape index (κ2) is 20.4. The fourth-order valence-corrected chi connectivity index (χ4v) is 6.88. The maximum Gasteiger partial charge on any atom is 0.221 e. The lowest BCUT2D eigenvalue weighted by atomic mass is 9.83. The summed E-state index contributed by atoms with van der Waals surface area (Å²) in [6.45, 7) is 26.5. The van der Waals surface area contributed by atoms with Crippen LogP contribution in [0, 0.1) is 0 Å². The number of amides is 2. The summed E-state index contributed by atoms with van der Waals surface area (Å²) in [5.41, 5.74) is 14.6. The van der Waals surface area contributed by atoms with Crippen molar-refractivity contribution in [2.24, 2.45) is 5.73 Å². The third-order valence-corrected chi connectivity index (χ3v) is 10.1. The Morgan fingerprint density at radius 1 is 0.929 bits per heavy atom. The maximum atomic E-state index is 12.8. The molecule has 12 heteroatoms. The number of rotatable bonds is 24. The first-order valence-corrected chi connectivity index (χ1v) is 20.0. The number of fused-ring (bicyclic) bond motifs is 1. The Labute approximate surface area is 335 Å². The number of hydrogen-bond donors (Lipinski definition) is 5. The van der Waals surface area contributed by atoms with Crippen LogP contribution < -0.4 is 38.0 Å². The van der Waals surface area contributed by atoms with E-state index in [2.05, 4.69) is 57.7 Å². The van der Waals surface area contributed by atoms with Crippen molar-refractivity contribution in [2.75, 3.05) is 32.5 Å². The number of nitrogens with zero attached hydrogens (tertiary/aromatic N) is 3. The number of ether oxygens (including phenoxy) is 2. The smallest absolute Gasteiger partial charge is 0.221 e. The first-order chi connectivity index (χ1) is 26.2. The molecule has 0 fully saturated rings. The first kappa shape index (κ1) is 46.3. The van der Waals surface area contributed by atoms with Gasteiger partial charge in [-0.3, -0.25) is 9.59 Å². The van der Waals surface area contributed by atoms with Crippen molar-refractivity contribution in [2.45, 2.75) is 142 Å². The number of pyridine rings is 1. The molecule has 2 aromatic heterocycles. The molecule has 7 N–H and O–H groups in total. The van der Waals surface area contributed by atoms with Crippen LogP contribution in [-0.4, -0.2) is 75.4 Å². The van der Waals surface area contributed by atoms with Gasteiger partial charge < -0.3 is 41.5 Å². The van der Waals surface area contributed by atoms with Crippen LogP contribution >= 0.6 is 0 Å². The van der Waals surface area contributed by atoms with Gasteiger partial charge in [-0.1, -0.05) is 62.9 Å². The molecule has 0 saturated heterocycles. The van der Waals surface area contributed by atoms with Crippen LogP contribution in [0.2, 0.25) is 0 Å². The van der Waals surface area contributed by atoms with E-state index >= 15 is 0 Å². The van der Waals surface area contributed by atoms with Gasteiger partial charge in [0.05, 0.1) is 35.3 Å². The van der Waals surface area contributed by atoms with Gasteiger partial charge in [-0.25, -0.2) is 9.97 Å². The molecule has 0 spiro atoms. The molecule has 1 unspecified atom stereocenters. The number of unbranched alkanes of at least 4 members (excludes halogenated alkanes) is 1. The number of benzene rings is 1. The fourth-order valence-electron chi connectivity index (χ4n) is 6.88. The van der Waals surface area contributed by atoms with Gasteiger partial charge in [0.25, 0.3) is 0 Å². The molecule has 0 aliphatic heterocycles. The van der Waals surface area contributed by atoms with Gasteiger partial charge >= 0.3 is 0 Å². The molecule has 0 aliphatic rings. The number of aromatic nitrogens is 3. The summed E-state index contributed by atoms with van der Waals surface area (Å²) in [5, 5.41) is 10.7. The summed E-state index contributed by atoms with van der Waals surface area (Å²) < 4.78 is 14.5. The third-order valence-electron chi connectivity index (χ3n) is 10.1. The highest BCUT2D eigenvalue weighted by Gasteiger charge is 2.31. The number of nitrogens with one attached hydrogen (secondary N) is 3. The number of nitrogens with two attached hydrogens (primary N) is 2. The quantitative estimate of drug-likeness (QED) is 0.0805. The van der Waals surface area contributed by atoms with Crippen LogP contribution in [0.5, 0.6) is 0 Å². The molecule has 0 saturated carbocycles. The molecule has 0 aliphatic carbocycles. The Hall–Kier alpha value is -4.10. The van der Waals surface area contributed by atoms with E-state index in [1.54, 1.807) is 6.08 Å². The third kappa shape index (κ3) is 14.8. The molecule has 3 aromatic rings. The van der Waals surface area contributed by atoms with Crippen molar-refractivity contribution in [1.82, 2.24) is 30.5 Å². The van der Waals surface area contributed by atoms with Gasteiger partial charge in [-0.15, -0.1) is 0 Å². The van der Waals surface area contributed by atoms with E-state index in [4.69, 9.17) is 25.9 Å². The molecule has 2 heterocycles. The minimum absolute atomic E-state index is 0.0233. The summed E-state index contributed by atoms with van der Waals surface area (Å²) in [6.07, 6.45) is 9.15. The molecule has 1 aromatic carbocycles. The number of anilines is 1. The normalized spacial score (nSPS) is 13.9. The van der Waals surface area contributed by atoms with E-state index in [1.807, 2.05) is 73.7 Å². The molecule has 56 heavy (non-hydrogen) atoms. The monoisotopic (exact) mass is 775 g/mol. The van der Waals surface area contributed by atoms with Crippen LogP contribution in [-0.2, 0) is 38.6 Å². The number of allylic oxidation sites excluding steroid dienone is 1. The predicted octanol–water partition coefficient (Wildman–Crippen LogP) is 4.77. The Morgan fingerprint density at radius 2 is 1.57 bits per heavy atom. The maximum absolute atomic E-state index is 12.8. The van der Waals surface area contributed by atoms with E-state index in [1.165, 1.54) is 0 Å². The molecule has 12 nitrogen and oxygen atoms in total. The Bertz CT molecular complexity index is 1880. The van der Waals surface area contributed by atoms with Crippen LogP contribution in [0.3, 0.4) is 0 Å². The van der Waals surface area contributed by atoms with Gasteiger partial charge in [0.1, 0.15) is 11.3 Å². The lowest BCUT2D eigenvalue weighted by Gasteiger charge is -2.35. The van der Waals surface area contributed by atoms with Gasteiger partial charge in [0, 0.05) is 55.2 Å². The Morgan fingerprint density at radius 3 is 2.20 bits per heavy atom. The lowest BCUT2D eigenvalue weighted by molar-refractivity contribution is -0.123.